The second kappa shape index (κ2) is 10.6. The lowest BCUT2D eigenvalue weighted by molar-refractivity contribution is -0.138. The Bertz CT molecular complexity index is 1700. The molecule has 0 spiro atoms. The maximum atomic E-state index is 14.1. The number of aromatic nitrogens is 2. The molecule has 0 bridgehead atoms. The molecule has 1 fully saturated rings. The number of carbonyl (C=O) groups is 1. The monoisotopic (exact) mass is 606 g/mol. The van der Waals surface area contributed by atoms with Crippen molar-refractivity contribution in [3.8, 4) is 0 Å². The van der Waals surface area contributed by atoms with Crippen LogP contribution in [0.4, 0.5) is 13.2 Å². The first-order chi connectivity index (χ1) is 18.1. The van der Waals surface area contributed by atoms with Crippen LogP contribution in [-0.4, -0.2) is 47.6 Å². The highest BCUT2D eigenvalue weighted by Crippen LogP contribution is 2.39. The number of hydrogen-bond donors (Lipinski definition) is 2. The number of nitrogens with zero attached hydrogens (tertiary/aromatic N) is 2. The summed E-state index contributed by atoms with van der Waals surface area (Å²) in [6, 6.07) is 4.47. The minimum absolute atomic E-state index is 0.0214. The fourth-order valence-corrected chi connectivity index (χ4v) is 6.29. The van der Waals surface area contributed by atoms with Gasteiger partial charge in [-0.1, -0.05) is 30.1 Å². The molecule has 3 aromatic rings. The number of halogens is 5. The summed E-state index contributed by atoms with van der Waals surface area (Å²) in [5.74, 6) is -1.34. The van der Waals surface area contributed by atoms with Crippen molar-refractivity contribution in [2.75, 3.05) is 18.8 Å². The van der Waals surface area contributed by atoms with Crippen LogP contribution in [0.5, 0.6) is 0 Å². The zero-order valence-corrected chi connectivity index (χ0v) is 22.8. The molecule has 1 atom stereocenters. The van der Waals surface area contributed by atoms with Gasteiger partial charge in [-0.3, -0.25) is 19.1 Å². The molecule has 4 rings (SSSR count). The van der Waals surface area contributed by atoms with Crippen LogP contribution in [0.25, 0.3) is 10.9 Å². The number of hydrogen-bond acceptors (Lipinski definition) is 6. The molecule has 0 aliphatic carbocycles. The lowest BCUT2D eigenvalue weighted by Gasteiger charge is -2.21. The van der Waals surface area contributed by atoms with E-state index in [1.807, 2.05) is 0 Å². The van der Waals surface area contributed by atoms with Gasteiger partial charge in [0.1, 0.15) is 0 Å². The molecule has 1 aliphatic rings. The van der Waals surface area contributed by atoms with Crippen LogP contribution in [0.3, 0.4) is 0 Å². The normalized spacial score (nSPS) is 16.7. The van der Waals surface area contributed by atoms with E-state index in [0.717, 1.165) is 0 Å². The van der Waals surface area contributed by atoms with Crippen molar-refractivity contribution < 1.29 is 26.4 Å². The van der Waals surface area contributed by atoms with Gasteiger partial charge >= 0.3 is 11.9 Å². The fraction of sp³-hybridized carbons (Fsp3) is 0.375. The number of sulfone groups is 1. The molecule has 0 radical (unpaired) electrons. The van der Waals surface area contributed by atoms with E-state index in [2.05, 4.69) is 4.98 Å². The van der Waals surface area contributed by atoms with Gasteiger partial charge < -0.3 is 10.7 Å². The summed E-state index contributed by atoms with van der Waals surface area (Å²) in [5.41, 5.74) is 1.42. The smallest absolute Gasteiger partial charge is 0.369 e. The summed E-state index contributed by atoms with van der Waals surface area (Å²) in [7, 11) is -3.78. The van der Waals surface area contributed by atoms with Crippen molar-refractivity contribution >= 4 is 49.8 Å². The van der Waals surface area contributed by atoms with Gasteiger partial charge in [-0.05, 0) is 48.4 Å². The standard InChI is InChI=1S/C24H23Cl2F3N4O5S/c1-2-39(37,38)18-4-3-14(25)7-13(18)10-33-22(35)15-8-17(24(27,28)29)16(19(26)20(15)31-23(33)36)11-32-6-5-12(9-32)21(30)34/h3-4,7-8,12H,2,5-6,9-11H2,1H3,(H2,30,34)(H,31,36). The van der Waals surface area contributed by atoms with Gasteiger partial charge in [0.25, 0.3) is 5.56 Å². The second-order valence-electron chi connectivity index (χ2n) is 9.24. The third-order valence-electron chi connectivity index (χ3n) is 6.75. The molecule has 2 heterocycles. The highest BCUT2D eigenvalue weighted by Gasteiger charge is 2.37. The molecule has 1 amide bonds. The molecule has 210 valence electrons. The van der Waals surface area contributed by atoms with Crippen LogP contribution in [0.15, 0.2) is 38.8 Å². The lowest BCUT2D eigenvalue weighted by Crippen LogP contribution is -2.36. The van der Waals surface area contributed by atoms with Crippen LogP contribution < -0.4 is 17.0 Å². The van der Waals surface area contributed by atoms with E-state index in [9.17, 15) is 36.0 Å². The molecule has 9 nitrogen and oxygen atoms in total. The molecule has 1 aromatic heterocycles. The number of carbonyl (C=O) groups excluding carboxylic acids is 1. The Balaban J connectivity index is 1.87. The Kier molecular flexibility index (Phi) is 7.92. The first-order valence-electron chi connectivity index (χ1n) is 11.7. The molecular formula is C24H23Cl2F3N4O5S. The molecule has 1 aliphatic heterocycles. The summed E-state index contributed by atoms with van der Waals surface area (Å²) in [4.78, 5) is 41.6. The van der Waals surface area contributed by atoms with E-state index in [0.29, 0.717) is 23.6 Å². The van der Waals surface area contributed by atoms with E-state index in [1.54, 1.807) is 4.90 Å². The number of alkyl halides is 3. The molecule has 3 N–H and O–H groups in total. The van der Waals surface area contributed by atoms with Crippen molar-refractivity contribution in [2.45, 2.75) is 37.5 Å². The number of aromatic amines is 1. The number of likely N-dealkylation sites (tertiary alicyclic amines) is 1. The Morgan fingerprint density at radius 2 is 1.87 bits per heavy atom. The molecular weight excluding hydrogens is 584 g/mol. The van der Waals surface area contributed by atoms with Crippen LogP contribution in [0.2, 0.25) is 10.0 Å². The summed E-state index contributed by atoms with van der Waals surface area (Å²) >= 11 is 12.4. The Morgan fingerprint density at radius 1 is 1.18 bits per heavy atom. The topological polar surface area (TPSA) is 135 Å². The highest BCUT2D eigenvalue weighted by atomic mass is 35.5. The van der Waals surface area contributed by atoms with Crippen molar-refractivity contribution in [1.29, 1.82) is 0 Å². The predicted molar refractivity (Wildman–Crippen MR) is 140 cm³/mol. The Hall–Kier alpha value is -2.87. The van der Waals surface area contributed by atoms with Gasteiger partial charge in [-0.25, -0.2) is 13.2 Å². The van der Waals surface area contributed by atoms with E-state index in [1.165, 1.54) is 25.1 Å². The number of benzene rings is 2. The average molecular weight is 607 g/mol. The van der Waals surface area contributed by atoms with Crippen molar-refractivity contribution in [3.05, 3.63) is 71.8 Å². The van der Waals surface area contributed by atoms with Gasteiger partial charge in [0.2, 0.25) is 5.91 Å². The minimum atomic E-state index is -4.90. The van der Waals surface area contributed by atoms with Crippen LogP contribution in [-0.2, 0) is 33.9 Å². The number of fused-ring (bicyclic) bond motifs is 1. The maximum Gasteiger partial charge on any atom is 0.416 e. The van der Waals surface area contributed by atoms with Gasteiger partial charge in [-0.15, -0.1) is 0 Å². The first-order valence-corrected chi connectivity index (χ1v) is 14.1. The van der Waals surface area contributed by atoms with E-state index >= 15 is 0 Å². The third kappa shape index (κ3) is 5.72. The molecule has 1 saturated heterocycles. The van der Waals surface area contributed by atoms with Crippen LogP contribution >= 0.6 is 23.2 Å². The molecule has 0 saturated carbocycles. The van der Waals surface area contributed by atoms with Gasteiger partial charge in [0, 0.05) is 18.1 Å². The average Bonchev–Trinajstić information content (AvgIpc) is 3.32. The van der Waals surface area contributed by atoms with Crippen LogP contribution in [0.1, 0.15) is 30.0 Å². The molecule has 1 unspecified atom stereocenters. The quantitative estimate of drug-likeness (QED) is 0.424. The zero-order valence-electron chi connectivity index (χ0n) is 20.4. The fourth-order valence-electron chi connectivity index (χ4n) is 4.68. The minimum Gasteiger partial charge on any atom is -0.369 e. The van der Waals surface area contributed by atoms with E-state index in [4.69, 9.17) is 28.9 Å². The summed E-state index contributed by atoms with van der Waals surface area (Å²) in [5, 5.41) is -0.826. The Morgan fingerprint density at radius 3 is 2.46 bits per heavy atom. The second-order valence-corrected chi connectivity index (χ2v) is 12.3. The zero-order chi connectivity index (χ0) is 28.9. The summed E-state index contributed by atoms with van der Waals surface area (Å²) in [6.45, 7) is 1.00. The molecule has 2 aromatic carbocycles. The SMILES string of the molecule is CCS(=O)(=O)c1ccc(Cl)cc1Cn1c(=O)[nH]c2c(Cl)c(CN3CCC(C(N)=O)C3)c(C(F)(F)F)cc2c1=O. The summed E-state index contributed by atoms with van der Waals surface area (Å²) in [6.07, 6.45) is -4.53. The largest absolute Gasteiger partial charge is 0.416 e. The lowest BCUT2D eigenvalue weighted by atomic mass is 10.0. The van der Waals surface area contributed by atoms with E-state index in [-0.39, 0.29) is 45.4 Å². The third-order valence-corrected chi connectivity index (χ3v) is 9.23. The number of nitrogens with one attached hydrogen (secondary N) is 1. The maximum absolute atomic E-state index is 14.1. The number of primary amides is 1. The van der Waals surface area contributed by atoms with Gasteiger partial charge in [-0.2, -0.15) is 13.2 Å². The Labute approximate surface area is 230 Å². The molecule has 39 heavy (non-hydrogen) atoms. The van der Waals surface area contributed by atoms with Crippen molar-refractivity contribution in [2.24, 2.45) is 11.7 Å². The first kappa shape index (κ1) is 29.1. The number of H-pyrrole nitrogens is 1. The number of amides is 1. The molecule has 15 heteroatoms. The van der Waals surface area contributed by atoms with Crippen molar-refractivity contribution in [3.63, 3.8) is 0 Å². The van der Waals surface area contributed by atoms with E-state index < -0.39 is 61.6 Å². The van der Waals surface area contributed by atoms with Crippen molar-refractivity contribution in [1.82, 2.24) is 14.5 Å². The summed E-state index contributed by atoms with van der Waals surface area (Å²) < 4.78 is 68.1. The van der Waals surface area contributed by atoms with Crippen LogP contribution in [0, 0.1) is 5.92 Å². The highest BCUT2D eigenvalue weighted by molar-refractivity contribution is 7.91. The predicted octanol–water partition coefficient (Wildman–Crippen LogP) is 3.16. The van der Waals surface area contributed by atoms with Gasteiger partial charge in [0.15, 0.2) is 9.84 Å². The number of nitrogens with two attached hydrogens (primary N) is 1. The number of rotatable bonds is 7. The van der Waals surface area contributed by atoms with Gasteiger partial charge in [0.05, 0.1) is 44.6 Å².